The Balaban J connectivity index is 0.00000370. The number of nitrogens with two attached hydrogens (primary N) is 1. The minimum absolute atomic E-state index is 0. The standard InChI is InChI=1S/C29H37N5O3S2.ClH/c1-19(2)39(36,37)33-11-9-24(10-12-33)34-18-26(21-5-4-6-22(14-21)28(30)38)25-8-7-20(13-27(25)34)15-31-29(35)23-16-32(3)17-23;/h4-8,13-14,18-19,23-24H,9-12,15-17H2,1-3H3,(H2,30,38)(H,31,35);1H. The normalized spacial score (nSPS) is 17.5. The highest BCUT2D eigenvalue weighted by Crippen LogP contribution is 2.37. The van der Waals surface area contributed by atoms with Gasteiger partial charge in [-0.15, -0.1) is 12.4 Å². The van der Waals surface area contributed by atoms with Gasteiger partial charge < -0.3 is 20.5 Å². The first-order chi connectivity index (χ1) is 18.5. The summed E-state index contributed by atoms with van der Waals surface area (Å²) in [6.45, 7) is 6.54. The number of piperidine rings is 1. The highest BCUT2D eigenvalue weighted by atomic mass is 35.5. The van der Waals surface area contributed by atoms with E-state index in [-0.39, 0.29) is 30.3 Å². The first-order valence-electron chi connectivity index (χ1n) is 13.5. The number of aromatic nitrogens is 1. The third-order valence-corrected chi connectivity index (χ3v) is 10.5. The smallest absolute Gasteiger partial charge is 0.225 e. The van der Waals surface area contributed by atoms with Crippen molar-refractivity contribution < 1.29 is 13.2 Å². The van der Waals surface area contributed by atoms with E-state index in [0.29, 0.717) is 24.6 Å². The molecule has 2 aliphatic heterocycles. The fourth-order valence-electron chi connectivity index (χ4n) is 5.65. The molecule has 0 bridgehead atoms. The number of carbonyl (C=O) groups is 1. The minimum atomic E-state index is -3.27. The van der Waals surface area contributed by atoms with Crippen molar-refractivity contribution in [3.63, 3.8) is 0 Å². The maximum atomic E-state index is 12.7. The maximum absolute atomic E-state index is 12.7. The van der Waals surface area contributed by atoms with Crippen molar-refractivity contribution in [3.8, 4) is 11.1 Å². The van der Waals surface area contributed by atoms with Crippen molar-refractivity contribution in [2.75, 3.05) is 33.2 Å². The SMILES string of the molecule is CC(C)S(=O)(=O)N1CCC(n2cc(-c3cccc(C(N)=S)c3)c3ccc(CNC(=O)C4CN(C)C4)cc32)CC1.Cl. The number of sulfonamides is 1. The van der Waals surface area contributed by atoms with E-state index in [9.17, 15) is 13.2 Å². The maximum Gasteiger partial charge on any atom is 0.225 e. The average Bonchev–Trinajstić information content (AvgIpc) is 3.29. The van der Waals surface area contributed by atoms with Crippen LogP contribution < -0.4 is 11.1 Å². The van der Waals surface area contributed by atoms with Gasteiger partial charge in [-0.3, -0.25) is 4.79 Å². The fraction of sp³-hybridized carbons (Fsp3) is 0.448. The minimum Gasteiger partial charge on any atom is -0.389 e. The molecule has 2 saturated heterocycles. The topological polar surface area (TPSA) is 101 Å². The van der Waals surface area contributed by atoms with E-state index in [2.05, 4.69) is 45.2 Å². The Hall–Kier alpha value is -2.50. The Morgan fingerprint density at radius 3 is 2.45 bits per heavy atom. The van der Waals surface area contributed by atoms with Gasteiger partial charge in [0.15, 0.2) is 0 Å². The predicted octanol–water partition coefficient (Wildman–Crippen LogP) is 3.92. The molecule has 8 nitrogen and oxygen atoms in total. The number of hydrogen-bond acceptors (Lipinski definition) is 5. The lowest BCUT2D eigenvalue weighted by atomic mass is 10.00. The molecule has 3 N–H and O–H groups in total. The molecule has 0 unspecified atom stereocenters. The molecular weight excluding hydrogens is 566 g/mol. The molecular formula is C29H38ClN5O3S2. The zero-order valence-electron chi connectivity index (χ0n) is 23.2. The van der Waals surface area contributed by atoms with Crippen LogP contribution in [-0.2, 0) is 21.4 Å². The van der Waals surface area contributed by atoms with E-state index < -0.39 is 15.3 Å². The van der Waals surface area contributed by atoms with Gasteiger partial charge in [0, 0.05) is 67.0 Å². The molecule has 2 fully saturated rings. The molecule has 3 aromatic rings. The number of fused-ring (bicyclic) bond motifs is 1. The molecule has 5 rings (SSSR count). The summed E-state index contributed by atoms with van der Waals surface area (Å²) < 4.78 is 29.4. The summed E-state index contributed by atoms with van der Waals surface area (Å²) >= 11 is 5.22. The number of thiocarbonyl (C=S) groups is 1. The molecule has 2 aliphatic rings. The summed E-state index contributed by atoms with van der Waals surface area (Å²) in [5.41, 5.74) is 10.9. The lowest BCUT2D eigenvalue weighted by Gasteiger charge is -2.34. The molecule has 0 aliphatic carbocycles. The third kappa shape index (κ3) is 6.06. The van der Waals surface area contributed by atoms with Gasteiger partial charge in [-0.1, -0.05) is 42.5 Å². The van der Waals surface area contributed by atoms with Crippen molar-refractivity contribution in [1.29, 1.82) is 0 Å². The largest absolute Gasteiger partial charge is 0.389 e. The molecule has 0 radical (unpaired) electrons. The molecule has 2 aromatic carbocycles. The summed E-state index contributed by atoms with van der Waals surface area (Å²) in [7, 11) is -1.26. The van der Waals surface area contributed by atoms with Crippen LogP contribution in [0.4, 0.5) is 0 Å². The Morgan fingerprint density at radius 1 is 1.12 bits per heavy atom. The van der Waals surface area contributed by atoms with Crippen LogP contribution in [0.1, 0.15) is 43.9 Å². The zero-order valence-corrected chi connectivity index (χ0v) is 25.6. The lowest BCUT2D eigenvalue weighted by Crippen LogP contribution is -2.51. The first kappa shape index (κ1) is 30.5. The van der Waals surface area contributed by atoms with Crippen molar-refractivity contribution >= 4 is 56.4 Å². The summed E-state index contributed by atoms with van der Waals surface area (Å²) in [5.74, 6) is 0.153. The summed E-state index contributed by atoms with van der Waals surface area (Å²) in [5, 5.41) is 3.78. The van der Waals surface area contributed by atoms with E-state index in [0.717, 1.165) is 59.1 Å². The van der Waals surface area contributed by atoms with Gasteiger partial charge in [0.25, 0.3) is 0 Å². The number of likely N-dealkylation sites (tertiary alicyclic amines) is 1. The van der Waals surface area contributed by atoms with Crippen LogP contribution in [-0.4, -0.2) is 71.6 Å². The van der Waals surface area contributed by atoms with Gasteiger partial charge in [-0.2, -0.15) is 0 Å². The first-order valence-corrected chi connectivity index (χ1v) is 15.4. The molecule has 0 spiro atoms. The molecule has 1 aromatic heterocycles. The number of nitrogens with zero attached hydrogens (tertiary/aromatic N) is 3. The zero-order chi connectivity index (χ0) is 27.9. The van der Waals surface area contributed by atoms with E-state index >= 15 is 0 Å². The Morgan fingerprint density at radius 2 is 1.82 bits per heavy atom. The molecule has 1 amide bonds. The number of hydrogen-bond donors (Lipinski definition) is 2. The Labute approximate surface area is 248 Å². The van der Waals surface area contributed by atoms with Crippen LogP contribution in [0.3, 0.4) is 0 Å². The lowest BCUT2D eigenvalue weighted by molar-refractivity contribution is -0.129. The number of amides is 1. The van der Waals surface area contributed by atoms with Gasteiger partial charge in [-0.05, 0) is 57.0 Å². The summed E-state index contributed by atoms with van der Waals surface area (Å²) in [6.07, 6.45) is 3.64. The van der Waals surface area contributed by atoms with Crippen LogP contribution in [0, 0.1) is 5.92 Å². The second-order valence-corrected chi connectivity index (χ2v) is 14.0. The summed E-state index contributed by atoms with van der Waals surface area (Å²) in [6, 6.07) is 14.4. The van der Waals surface area contributed by atoms with Crippen molar-refractivity contribution in [3.05, 3.63) is 59.8 Å². The number of carbonyl (C=O) groups excluding carboxylic acids is 1. The number of rotatable bonds is 8. The van der Waals surface area contributed by atoms with Crippen LogP contribution in [0.5, 0.6) is 0 Å². The van der Waals surface area contributed by atoms with Crippen molar-refractivity contribution in [1.82, 2.24) is 19.1 Å². The average molecular weight is 604 g/mol. The highest BCUT2D eigenvalue weighted by Gasteiger charge is 2.32. The van der Waals surface area contributed by atoms with Gasteiger partial charge in [-0.25, -0.2) is 12.7 Å². The van der Waals surface area contributed by atoms with E-state index in [1.807, 2.05) is 25.2 Å². The quantitative estimate of drug-likeness (QED) is 0.379. The fourth-order valence-corrected chi connectivity index (χ4v) is 7.09. The highest BCUT2D eigenvalue weighted by molar-refractivity contribution is 7.89. The van der Waals surface area contributed by atoms with E-state index in [1.54, 1.807) is 18.2 Å². The third-order valence-electron chi connectivity index (χ3n) is 8.03. The van der Waals surface area contributed by atoms with Crippen molar-refractivity contribution in [2.45, 2.75) is 44.5 Å². The van der Waals surface area contributed by atoms with Gasteiger partial charge >= 0.3 is 0 Å². The molecule has 216 valence electrons. The Kier molecular flexibility index (Phi) is 9.26. The molecule has 3 heterocycles. The number of nitrogens with one attached hydrogen (secondary N) is 1. The van der Waals surface area contributed by atoms with Gasteiger partial charge in [0.1, 0.15) is 4.99 Å². The monoisotopic (exact) mass is 603 g/mol. The molecule has 0 saturated carbocycles. The van der Waals surface area contributed by atoms with Crippen LogP contribution in [0.25, 0.3) is 22.0 Å². The molecule has 40 heavy (non-hydrogen) atoms. The molecule has 11 heteroatoms. The van der Waals surface area contributed by atoms with E-state index in [1.165, 1.54) is 0 Å². The van der Waals surface area contributed by atoms with Crippen LogP contribution in [0.2, 0.25) is 0 Å². The van der Waals surface area contributed by atoms with Crippen LogP contribution in [0.15, 0.2) is 48.7 Å². The van der Waals surface area contributed by atoms with Gasteiger partial charge in [0.05, 0.1) is 11.2 Å². The number of halogens is 1. The predicted molar refractivity (Wildman–Crippen MR) is 167 cm³/mol. The summed E-state index contributed by atoms with van der Waals surface area (Å²) in [4.78, 5) is 15.0. The second-order valence-electron chi connectivity index (χ2n) is 11.1. The van der Waals surface area contributed by atoms with Gasteiger partial charge in [0.2, 0.25) is 15.9 Å². The van der Waals surface area contributed by atoms with Crippen LogP contribution >= 0.6 is 24.6 Å². The molecule has 0 atom stereocenters. The Bertz CT molecular complexity index is 1510. The van der Waals surface area contributed by atoms with Crippen molar-refractivity contribution in [2.24, 2.45) is 11.7 Å². The second kappa shape index (κ2) is 12.2. The van der Waals surface area contributed by atoms with E-state index in [4.69, 9.17) is 18.0 Å². The number of benzene rings is 2.